The third-order valence-corrected chi connectivity index (χ3v) is 3.44. The van der Waals surface area contributed by atoms with Gasteiger partial charge in [0.15, 0.2) is 0 Å². The van der Waals surface area contributed by atoms with Gasteiger partial charge in [-0.05, 0) is 25.3 Å². The molecule has 0 atom stereocenters. The predicted octanol–water partition coefficient (Wildman–Crippen LogP) is 2.41. The maximum Gasteiger partial charge on any atom is 0.340 e. The molecule has 1 saturated carbocycles. The van der Waals surface area contributed by atoms with E-state index >= 15 is 0 Å². The maximum atomic E-state index is 11.7. The number of anilines is 1. The fourth-order valence-electron chi connectivity index (χ4n) is 2.06. The Morgan fingerprint density at radius 3 is 2.95 bits per heavy atom. The van der Waals surface area contributed by atoms with Crippen LogP contribution in [0.3, 0.4) is 0 Å². The first-order valence-electron chi connectivity index (χ1n) is 6.76. The van der Waals surface area contributed by atoms with Gasteiger partial charge in [-0.3, -0.25) is 0 Å². The summed E-state index contributed by atoms with van der Waals surface area (Å²) in [5.74, 6) is 0.658. The molecular weight excluding hydrogens is 244 g/mol. The molecule has 0 unspecified atom stereocenters. The highest BCUT2D eigenvalue weighted by molar-refractivity contribution is 5.96. The number of carbonyl (C=O) groups excluding carboxylic acids is 1. The second-order valence-electron chi connectivity index (χ2n) is 4.73. The van der Waals surface area contributed by atoms with Crippen LogP contribution in [-0.2, 0) is 4.74 Å². The number of hydrogen-bond acceptors (Lipinski definition) is 5. The Morgan fingerprint density at radius 2 is 2.32 bits per heavy atom. The highest BCUT2D eigenvalue weighted by Crippen LogP contribution is 2.30. The summed E-state index contributed by atoms with van der Waals surface area (Å²) in [5.41, 5.74) is 6.46. The fraction of sp³-hybridized carbons (Fsp3) is 0.571. The van der Waals surface area contributed by atoms with Crippen molar-refractivity contribution in [1.29, 1.82) is 0 Å². The van der Waals surface area contributed by atoms with E-state index < -0.39 is 5.97 Å². The first-order valence-corrected chi connectivity index (χ1v) is 6.76. The summed E-state index contributed by atoms with van der Waals surface area (Å²) in [6, 6.07) is 1.55. The molecule has 2 N–H and O–H groups in total. The molecular formula is C14H20N2O3. The van der Waals surface area contributed by atoms with Gasteiger partial charge >= 0.3 is 5.97 Å². The number of pyridine rings is 1. The summed E-state index contributed by atoms with van der Waals surface area (Å²) < 4.78 is 10.5. The van der Waals surface area contributed by atoms with Gasteiger partial charge in [0.2, 0.25) is 5.88 Å². The van der Waals surface area contributed by atoms with E-state index in [4.69, 9.17) is 15.2 Å². The molecule has 19 heavy (non-hydrogen) atoms. The highest BCUT2D eigenvalue weighted by Gasteiger charge is 2.18. The zero-order valence-corrected chi connectivity index (χ0v) is 11.2. The first-order chi connectivity index (χ1) is 9.22. The summed E-state index contributed by atoms with van der Waals surface area (Å²) in [6.07, 6.45) is 6.43. The van der Waals surface area contributed by atoms with Crippen LogP contribution >= 0.6 is 0 Å². The largest absolute Gasteiger partial charge is 0.476 e. The number of carbonyl (C=O) groups is 1. The fourth-order valence-corrected chi connectivity index (χ4v) is 2.06. The van der Waals surface area contributed by atoms with E-state index in [1.54, 1.807) is 13.0 Å². The topological polar surface area (TPSA) is 74.4 Å². The summed E-state index contributed by atoms with van der Waals surface area (Å²) >= 11 is 0. The van der Waals surface area contributed by atoms with Crippen molar-refractivity contribution in [2.24, 2.45) is 5.92 Å². The highest BCUT2D eigenvalue weighted by atomic mass is 16.5. The molecule has 0 aromatic carbocycles. The summed E-state index contributed by atoms with van der Waals surface area (Å²) in [5, 5.41) is 0. The maximum absolute atomic E-state index is 11.7. The van der Waals surface area contributed by atoms with Crippen molar-refractivity contribution in [2.75, 3.05) is 18.9 Å². The van der Waals surface area contributed by atoms with E-state index in [1.807, 2.05) is 0 Å². The average Bonchev–Trinajstić information content (AvgIpc) is 2.34. The van der Waals surface area contributed by atoms with Gasteiger partial charge < -0.3 is 15.2 Å². The molecule has 104 valence electrons. The Labute approximate surface area is 113 Å². The second kappa shape index (κ2) is 6.41. The van der Waals surface area contributed by atoms with Gasteiger partial charge in [-0.2, -0.15) is 0 Å². The molecule has 2 rings (SSSR count). The van der Waals surface area contributed by atoms with Crippen molar-refractivity contribution in [3.8, 4) is 5.88 Å². The third kappa shape index (κ3) is 3.36. The molecule has 1 aliphatic carbocycles. The number of rotatable bonds is 6. The molecule has 0 amide bonds. The monoisotopic (exact) mass is 264 g/mol. The van der Waals surface area contributed by atoms with Crippen LogP contribution in [0.2, 0.25) is 0 Å². The molecule has 0 bridgehead atoms. The smallest absolute Gasteiger partial charge is 0.340 e. The van der Waals surface area contributed by atoms with E-state index in [0.717, 1.165) is 12.3 Å². The van der Waals surface area contributed by atoms with Gasteiger partial charge in [0.25, 0.3) is 0 Å². The van der Waals surface area contributed by atoms with Gasteiger partial charge in [0.05, 0.1) is 18.8 Å². The summed E-state index contributed by atoms with van der Waals surface area (Å²) in [4.78, 5) is 15.7. The zero-order chi connectivity index (χ0) is 13.7. The quantitative estimate of drug-likeness (QED) is 0.799. The molecule has 1 aromatic rings. The minimum atomic E-state index is -0.439. The lowest BCUT2D eigenvalue weighted by molar-refractivity contribution is 0.0527. The van der Waals surface area contributed by atoms with Crippen LogP contribution in [0.4, 0.5) is 5.69 Å². The van der Waals surface area contributed by atoms with Gasteiger partial charge in [0, 0.05) is 6.20 Å². The Morgan fingerprint density at radius 1 is 1.53 bits per heavy atom. The minimum Gasteiger partial charge on any atom is -0.476 e. The molecule has 1 aliphatic rings. The molecule has 5 nitrogen and oxygen atoms in total. The molecule has 0 aliphatic heterocycles. The molecule has 5 heteroatoms. The van der Waals surface area contributed by atoms with Crippen LogP contribution < -0.4 is 10.5 Å². The molecule has 1 heterocycles. The van der Waals surface area contributed by atoms with Crippen LogP contribution in [0.25, 0.3) is 0 Å². The molecule has 0 spiro atoms. The number of nitrogens with two attached hydrogens (primary N) is 1. The number of ether oxygens (including phenoxy) is 2. The predicted molar refractivity (Wildman–Crippen MR) is 72.1 cm³/mol. The number of aromatic nitrogens is 1. The standard InChI is InChI=1S/C14H20N2O3/c1-2-18-14(17)11-6-8-16-13(12(11)15)19-9-7-10-4-3-5-10/h6,8,10H,2-5,7,9,15H2,1H3. The van der Waals surface area contributed by atoms with E-state index in [-0.39, 0.29) is 5.69 Å². The van der Waals surface area contributed by atoms with E-state index in [9.17, 15) is 4.79 Å². The molecule has 0 radical (unpaired) electrons. The van der Waals surface area contributed by atoms with Gasteiger partial charge in [0.1, 0.15) is 5.69 Å². The van der Waals surface area contributed by atoms with Crippen molar-refractivity contribution in [3.63, 3.8) is 0 Å². The Balaban J connectivity index is 1.95. The number of nitrogens with zero attached hydrogens (tertiary/aromatic N) is 1. The van der Waals surface area contributed by atoms with Crippen LogP contribution in [0.5, 0.6) is 5.88 Å². The van der Waals surface area contributed by atoms with Crippen LogP contribution in [0, 0.1) is 5.92 Å². The lowest BCUT2D eigenvalue weighted by atomic mass is 9.83. The average molecular weight is 264 g/mol. The van der Waals surface area contributed by atoms with Crippen molar-refractivity contribution >= 4 is 11.7 Å². The van der Waals surface area contributed by atoms with Crippen molar-refractivity contribution in [2.45, 2.75) is 32.6 Å². The molecule has 1 fully saturated rings. The summed E-state index contributed by atoms with van der Waals surface area (Å²) in [7, 11) is 0. The number of hydrogen-bond donors (Lipinski definition) is 1. The van der Waals surface area contributed by atoms with Gasteiger partial charge in [-0.15, -0.1) is 0 Å². The lowest BCUT2D eigenvalue weighted by Crippen LogP contribution is -2.16. The van der Waals surface area contributed by atoms with Crippen LogP contribution in [0.15, 0.2) is 12.3 Å². The van der Waals surface area contributed by atoms with Gasteiger partial charge in [-0.1, -0.05) is 19.3 Å². The summed E-state index contributed by atoms with van der Waals surface area (Å²) in [6.45, 7) is 2.66. The molecule has 0 saturated heterocycles. The van der Waals surface area contributed by atoms with Crippen LogP contribution in [-0.4, -0.2) is 24.2 Å². The second-order valence-corrected chi connectivity index (χ2v) is 4.73. The van der Waals surface area contributed by atoms with Crippen molar-refractivity contribution in [1.82, 2.24) is 4.98 Å². The van der Waals surface area contributed by atoms with Crippen molar-refractivity contribution < 1.29 is 14.3 Å². The normalized spacial score (nSPS) is 14.8. The zero-order valence-electron chi connectivity index (χ0n) is 11.2. The minimum absolute atomic E-state index is 0.259. The number of nitrogen functional groups attached to an aromatic ring is 1. The van der Waals surface area contributed by atoms with Crippen molar-refractivity contribution in [3.05, 3.63) is 17.8 Å². The van der Waals surface area contributed by atoms with E-state index in [2.05, 4.69) is 4.98 Å². The SMILES string of the molecule is CCOC(=O)c1ccnc(OCCC2CCC2)c1N. The first kappa shape index (κ1) is 13.6. The Kier molecular flexibility index (Phi) is 4.60. The number of esters is 1. The van der Waals surface area contributed by atoms with Gasteiger partial charge in [-0.25, -0.2) is 9.78 Å². The lowest BCUT2D eigenvalue weighted by Gasteiger charge is -2.25. The van der Waals surface area contributed by atoms with E-state index in [0.29, 0.717) is 24.7 Å². The van der Waals surface area contributed by atoms with Crippen LogP contribution in [0.1, 0.15) is 43.0 Å². The Hall–Kier alpha value is -1.78. The Bertz CT molecular complexity index is 444. The molecule has 1 aromatic heterocycles. The third-order valence-electron chi connectivity index (χ3n) is 3.44. The van der Waals surface area contributed by atoms with E-state index in [1.165, 1.54) is 25.5 Å².